The minimum atomic E-state index is -0.308. The van der Waals surface area contributed by atoms with Gasteiger partial charge in [0, 0.05) is 31.4 Å². The van der Waals surface area contributed by atoms with Crippen molar-refractivity contribution in [2.24, 2.45) is 5.92 Å². The first-order valence-corrected chi connectivity index (χ1v) is 7.70. The van der Waals surface area contributed by atoms with Crippen LogP contribution in [0.1, 0.15) is 19.1 Å². The highest BCUT2D eigenvalue weighted by Crippen LogP contribution is 2.20. The van der Waals surface area contributed by atoms with Crippen LogP contribution in [-0.4, -0.2) is 39.1 Å². The van der Waals surface area contributed by atoms with Gasteiger partial charge in [-0.15, -0.1) is 0 Å². The Morgan fingerprint density at radius 1 is 1.52 bits per heavy atom. The van der Waals surface area contributed by atoms with Gasteiger partial charge >= 0.3 is 0 Å². The normalized spacial score (nSPS) is 19.1. The van der Waals surface area contributed by atoms with Gasteiger partial charge in [-0.05, 0) is 25.1 Å². The Morgan fingerprint density at radius 3 is 3.09 bits per heavy atom. The van der Waals surface area contributed by atoms with E-state index in [1.54, 1.807) is 28.1 Å². The Labute approximate surface area is 134 Å². The number of rotatable bonds is 6. The maximum atomic E-state index is 12.3. The molecule has 1 N–H and O–H groups in total. The van der Waals surface area contributed by atoms with Crippen LogP contribution in [0.4, 0.5) is 0 Å². The molecule has 1 fully saturated rings. The molecule has 0 radical (unpaired) electrons. The largest absolute Gasteiger partial charge is 0.467 e. The molecular formula is C16H20N4O3. The molecule has 2 amide bonds. The van der Waals surface area contributed by atoms with Gasteiger partial charge in [0.25, 0.3) is 0 Å². The zero-order valence-corrected chi connectivity index (χ0v) is 13.0. The average molecular weight is 316 g/mol. The van der Waals surface area contributed by atoms with Crippen LogP contribution in [0.3, 0.4) is 0 Å². The lowest BCUT2D eigenvalue weighted by Crippen LogP contribution is -2.40. The summed E-state index contributed by atoms with van der Waals surface area (Å²) in [4.78, 5) is 26.1. The number of amides is 2. The second kappa shape index (κ2) is 6.68. The summed E-state index contributed by atoms with van der Waals surface area (Å²) in [5, 5.41) is 7.08. The van der Waals surface area contributed by atoms with Gasteiger partial charge < -0.3 is 14.6 Å². The van der Waals surface area contributed by atoms with Crippen molar-refractivity contribution >= 4 is 11.8 Å². The van der Waals surface area contributed by atoms with Crippen LogP contribution < -0.4 is 5.32 Å². The van der Waals surface area contributed by atoms with Crippen LogP contribution in [0.5, 0.6) is 0 Å². The third kappa shape index (κ3) is 3.80. The lowest BCUT2D eigenvalue weighted by atomic mass is 10.1. The fourth-order valence-electron chi connectivity index (χ4n) is 2.79. The number of carbonyl (C=O) groups excluding carboxylic acids is 2. The number of likely N-dealkylation sites (tertiary alicyclic amines) is 1. The van der Waals surface area contributed by atoms with Crippen molar-refractivity contribution in [2.45, 2.75) is 32.5 Å². The second-order valence-electron chi connectivity index (χ2n) is 5.89. The van der Waals surface area contributed by atoms with E-state index in [0.29, 0.717) is 19.6 Å². The summed E-state index contributed by atoms with van der Waals surface area (Å²) < 4.78 is 7.03. The summed E-state index contributed by atoms with van der Waals surface area (Å²) in [7, 11) is 0. The number of nitrogens with one attached hydrogen (secondary N) is 1. The average Bonchev–Trinajstić information content (AvgIpc) is 3.23. The SMILES string of the molecule is C[C@@H](Cn1cccn1)NC(=O)[C@@H]1CC(=O)N(Cc2ccco2)C1. The molecule has 122 valence electrons. The van der Waals surface area contributed by atoms with E-state index in [-0.39, 0.29) is 30.2 Å². The highest BCUT2D eigenvalue weighted by molar-refractivity contribution is 5.89. The fourth-order valence-corrected chi connectivity index (χ4v) is 2.79. The van der Waals surface area contributed by atoms with Crippen LogP contribution >= 0.6 is 0 Å². The molecule has 2 aromatic rings. The maximum Gasteiger partial charge on any atom is 0.225 e. The van der Waals surface area contributed by atoms with E-state index < -0.39 is 0 Å². The molecule has 3 heterocycles. The van der Waals surface area contributed by atoms with E-state index in [0.717, 1.165) is 5.76 Å². The van der Waals surface area contributed by atoms with Crippen LogP contribution in [0.15, 0.2) is 41.3 Å². The molecule has 0 unspecified atom stereocenters. The van der Waals surface area contributed by atoms with Crippen molar-refractivity contribution in [3.8, 4) is 0 Å². The van der Waals surface area contributed by atoms with E-state index in [1.807, 2.05) is 25.3 Å². The number of hydrogen-bond acceptors (Lipinski definition) is 4. The molecule has 3 rings (SSSR count). The number of carbonyl (C=O) groups is 2. The Balaban J connectivity index is 1.51. The fraction of sp³-hybridized carbons (Fsp3) is 0.438. The van der Waals surface area contributed by atoms with E-state index in [9.17, 15) is 9.59 Å². The lowest BCUT2D eigenvalue weighted by Gasteiger charge is -2.18. The van der Waals surface area contributed by atoms with Crippen LogP contribution in [0.25, 0.3) is 0 Å². The maximum absolute atomic E-state index is 12.3. The van der Waals surface area contributed by atoms with E-state index in [4.69, 9.17) is 4.42 Å². The van der Waals surface area contributed by atoms with Gasteiger partial charge in [0.05, 0.1) is 25.3 Å². The van der Waals surface area contributed by atoms with Gasteiger partial charge in [0.15, 0.2) is 0 Å². The number of hydrogen-bond donors (Lipinski definition) is 1. The van der Waals surface area contributed by atoms with Crippen LogP contribution in [-0.2, 0) is 22.7 Å². The summed E-state index contributed by atoms with van der Waals surface area (Å²) in [5.74, 6) is 0.324. The molecule has 2 atom stereocenters. The number of nitrogens with zero attached hydrogens (tertiary/aromatic N) is 3. The Bertz CT molecular complexity index is 651. The van der Waals surface area contributed by atoms with E-state index >= 15 is 0 Å². The van der Waals surface area contributed by atoms with Gasteiger partial charge in [0.2, 0.25) is 11.8 Å². The molecule has 7 heteroatoms. The highest BCUT2D eigenvalue weighted by Gasteiger charge is 2.34. The van der Waals surface area contributed by atoms with Crippen molar-refractivity contribution in [1.29, 1.82) is 0 Å². The molecule has 0 spiro atoms. The minimum absolute atomic E-state index is 0.0127. The molecule has 1 aliphatic rings. The molecule has 1 aliphatic heterocycles. The van der Waals surface area contributed by atoms with Gasteiger partial charge in [0.1, 0.15) is 5.76 Å². The second-order valence-corrected chi connectivity index (χ2v) is 5.89. The van der Waals surface area contributed by atoms with E-state index in [2.05, 4.69) is 10.4 Å². The standard InChI is InChI=1S/C16H20N4O3/c1-12(9-20-6-3-5-17-20)18-16(22)13-8-15(21)19(10-13)11-14-4-2-7-23-14/h2-7,12-13H,8-11H2,1H3,(H,18,22)/t12-,13+/m0/s1. The van der Waals surface area contributed by atoms with Gasteiger partial charge in [-0.1, -0.05) is 0 Å². The van der Waals surface area contributed by atoms with Crippen LogP contribution in [0, 0.1) is 5.92 Å². The molecule has 0 bridgehead atoms. The quantitative estimate of drug-likeness (QED) is 0.863. The molecule has 0 aliphatic carbocycles. The summed E-state index contributed by atoms with van der Waals surface area (Å²) in [6.07, 6.45) is 5.39. The molecule has 23 heavy (non-hydrogen) atoms. The molecule has 0 saturated carbocycles. The van der Waals surface area contributed by atoms with E-state index in [1.165, 1.54) is 0 Å². The van der Waals surface area contributed by atoms with Gasteiger partial charge in [-0.3, -0.25) is 14.3 Å². The lowest BCUT2D eigenvalue weighted by molar-refractivity contribution is -0.129. The van der Waals surface area contributed by atoms with Gasteiger partial charge in [-0.25, -0.2) is 0 Å². The number of furan rings is 1. The summed E-state index contributed by atoms with van der Waals surface area (Å²) in [6, 6.07) is 5.41. The van der Waals surface area contributed by atoms with Crippen molar-refractivity contribution in [3.05, 3.63) is 42.6 Å². The molecular weight excluding hydrogens is 296 g/mol. The molecule has 2 aromatic heterocycles. The summed E-state index contributed by atoms with van der Waals surface area (Å²) >= 11 is 0. The first-order chi connectivity index (χ1) is 11.1. The summed E-state index contributed by atoms with van der Waals surface area (Å²) in [6.45, 7) is 3.38. The van der Waals surface area contributed by atoms with Gasteiger partial charge in [-0.2, -0.15) is 5.10 Å². The monoisotopic (exact) mass is 316 g/mol. The smallest absolute Gasteiger partial charge is 0.225 e. The van der Waals surface area contributed by atoms with Crippen molar-refractivity contribution in [3.63, 3.8) is 0 Å². The third-order valence-electron chi connectivity index (χ3n) is 3.92. The number of aromatic nitrogens is 2. The molecule has 1 saturated heterocycles. The zero-order chi connectivity index (χ0) is 16.2. The van der Waals surface area contributed by atoms with Crippen molar-refractivity contribution in [2.75, 3.05) is 6.54 Å². The first-order valence-electron chi connectivity index (χ1n) is 7.70. The predicted molar refractivity (Wildman–Crippen MR) is 82.1 cm³/mol. The Kier molecular flexibility index (Phi) is 4.45. The molecule has 0 aromatic carbocycles. The summed E-state index contributed by atoms with van der Waals surface area (Å²) in [5.41, 5.74) is 0. The minimum Gasteiger partial charge on any atom is -0.467 e. The molecule has 7 nitrogen and oxygen atoms in total. The Hall–Kier alpha value is -2.57. The highest BCUT2D eigenvalue weighted by atomic mass is 16.3. The topological polar surface area (TPSA) is 80.4 Å². The Morgan fingerprint density at radius 2 is 2.39 bits per heavy atom. The first kappa shape index (κ1) is 15.3. The van der Waals surface area contributed by atoms with Crippen molar-refractivity contribution in [1.82, 2.24) is 20.0 Å². The zero-order valence-electron chi connectivity index (χ0n) is 13.0. The van der Waals surface area contributed by atoms with Crippen molar-refractivity contribution < 1.29 is 14.0 Å². The van der Waals surface area contributed by atoms with Crippen LogP contribution in [0.2, 0.25) is 0 Å². The predicted octanol–water partition coefficient (Wildman–Crippen LogP) is 1.03. The third-order valence-corrected chi connectivity index (χ3v) is 3.92.